The molecule has 3 heterocycles. The van der Waals surface area contributed by atoms with Crippen LogP contribution in [0.3, 0.4) is 0 Å². The zero-order valence-corrected chi connectivity index (χ0v) is 16.7. The number of benzene rings is 1. The smallest absolute Gasteiger partial charge is 0.319 e. The number of fused-ring (bicyclic) bond motifs is 2. The topological polar surface area (TPSA) is 123 Å². The van der Waals surface area contributed by atoms with Gasteiger partial charge < -0.3 is 35.5 Å². The van der Waals surface area contributed by atoms with Crippen molar-refractivity contribution in [2.24, 2.45) is 0 Å². The third-order valence-electron chi connectivity index (χ3n) is 4.40. The molecule has 4 rings (SSSR count). The molecule has 0 atom stereocenters. The Morgan fingerprint density at radius 2 is 2.13 bits per heavy atom. The lowest BCUT2D eigenvalue weighted by Gasteiger charge is -2.21. The van der Waals surface area contributed by atoms with E-state index in [-0.39, 0.29) is 6.03 Å². The Balaban J connectivity index is 1.62. The average Bonchev–Trinajstić information content (AvgIpc) is 3.16. The minimum absolute atomic E-state index is 0.365. The number of carbonyl (C=O) groups is 1. The van der Waals surface area contributed by atoms with Gasteiger partial charge in [-0.1, -0.05) is 6.07 Å². The summed E-state index contributed by atoms with van der Waals surface area (Å²) in [4.78, 5) is 16.7. The van der Waals surface area contributed by atoms with Crippen molar-refractivity contribution in [1.29, 1.82) is 0 Å². The van der Waals surface area contributed by atoms with Crippen LogP contribution in [-0.4, -0.2) is 61.2 Å². The maximum Gasteiger partial charge on any atom is 0.319 e. The van der Waals surface area contributed by atoms with E-state index >= 15 is 0 Å². The molecule has 2 aromatic heterocycles. The Hall–Kier alpha value is -3.73. The molecule has 0 spiro atoms. The van der Waals surface area contributed by atoms with Crippen LogP contribution in [0.4, 0.5) is 27.8 Å². The first-order valence-electron chi connectivity index (χ1n) is 9.45. The van der Waals surface area contributed by atoms with E-state index in [4.69, 9.17) is 14.2 Å². The summed E-state index contributed by atoms with van der Waals surface area (Å²) in [6, 6.07) is 7.07. The van der Waals surface area contributed by atoms with Gasteiger partial charge in [-0.25, -0.2) is 9.78 Å². The van der Waals surface area contributed by atoms with Gasteiger partial charge >= 0.3 is 6.03 Å². The summed E-state index contributed by atoms with van der Waals surface area (Å²) >= 11 is 0. The molecule has 0 saturated carbocycles. The van der Waals surface area contributed by atoms with Crippen LogP contribution in [0.1, 0.15) is 0 Å². The SMILES string of the molecule is CNc1cc(Nc2cccc3c2OCCO3)nc2c(NC(=O)NCCOC)cnn12. The van der Waals surface area contributed by atoms with E-state index in [0.717, 1.165) is 5.69 Å². The molecule has 30 heavy (non-hydrogen) atoms. The van der Waals surface area contributed by atoms with Crippen molar-refractivity contribution >= 4 is 34.7 Å². The highest BCUT2D eigenvalue weighted by atomic mass is 16.6. The molecule has 0 saturated heterocycles. The van der Waals surface area contributed by atoms with Gasteiger partial charge in [0.2, 0.25) is 0 Å². The largest absolute Gasteiger partial charge is 0.486 e. The second-order valence-corrected chi connectivity index (χ2v) is 6.40. The van der Waals surface area contributed by atoms with Gasteiger partial charge in [-0.3, -0.25) is 0 Å². The van der Waals surface area contributed by atoms with Crippen LogP contribution in [-0.2, 0) is 4.74 Å². The third kappa shape index (κ3) is 4.01. The fourth-order valence-corrected chi connectivity index (χ4v) is 3.04. The van der Waals surface area contributed by atoms with Crippen LogP contribution >= 0.6 is 0 Å². The molecule has 4 N–H and O–H groups in total. The number of carbonyl (C=O) groups excluding carboxylic acids is 1. The zero-order valence-electron chi connectivity index (χ0n) is 16.7. The van der Waals surface area contributed by atoms with Crippen LogP contribution < -0.4 is 30.7 Å². The Bertz CT molecular complexity index is 1050. The summed E-state index contributed by atoms with van der Waals surface area (Å²) in [5.74, 6) is 2.57. The number of nitrogens with one attached hydrogen (secondary N) is 4. The van der Waals surface area contributed by atoms with Crippen molar-refractivity contribution in [1.82, 2.24) is 19.9 Å². The number of amides is 2. The molecule has 0 bridgehead atoms. The Kier molecular flexibility index (Phi) is 5.70. The summed E-state index contributed by atoms with van der Waals surface area (Å²) in [5, 5.41) is 16.1. The fourth-order valence-electron chi connectivity index (χ4n) is 3.04. The summed E-state index contributed by atoms with van der Waals surface area (Å²) in [7, 11) is 3.36. The van der Waals surface area contributed by atoms with Crippen molar-refractivity contribution in [2.75, 3.05) is 56.5 Å². The lowest BCUT2D eigenvalue weighted by molar-refractivity contribution is 0.172. The molecule has 2 amide bonds. The number of rotatable bonds is 7. The van der Waals surface area contributed by atoms with Gasteiger partial charge in [0.15, 0.2) is 17.1 Å². The fraction of sp³-hybridized carbons (Fsp3) is 0.316. The van der Waals surface area contributed by atoms with Crippen molar-refractivity contribution < 1.29 is 19.0 Å². The van der Waals surface area contributed by atoms with E-state index < -0.39 is 0 Å². The van der Waals surface area contributed by atoms with Crippen molar-refractivity contribution in [2.45, 2.75) is 0 Å². The minimum Gasteiger partial charge on any atom is -0.486 e. The molecule has 1 aliphatic heterocycles. The highest BCUT2D eigenvalue weighted by molar-refractivity contribution is 5.93. The highest BCUT2D eigenvalue weighted by Crippen LogP contribution is 2.38. The van der Waals surface area contributed by atoms with Gasteiger partial charge in [0.25, 0.3) is 0 Å². The van der Waals surface area contributed by atoms with Crippen molar-refractivity contribution in [3.63, 3.8) is 0 Å². The molecule has 1 aromatic carbocycles. The quantitative estimate of drug-likeness (QED) is 0.434. The van der Waals surface area contributed by atoms with Crippen LogP contribution in [0.2, 0.25) is 0 Å². The zero-order chi connectivity index (χ0) is 20.9. The molecule has 11 nitrogen and oxygen atoms in total. The molecular weight excluding hydrogens is 390 g/mol. The molecular formula is C19H23N7O4. The van der Waals surface area contributed by atoms with Gasteiger partial charge in [-0.15, -0.1) is 0 Å². The summed E-state index contributed by atoms with van der Waals surface area (Å²) in [5.41, 5.74) is 1.69. The van der Waals surface area contributed by atoms with Crippen molar-refractivity contribution in [3.05, 3.63) is 30.5 Å². The molecule has 3 aromatic rings. The third-order valence-corrected chi connectivity index (χ3v) is 4.40. The monoisotopic (exact) mass is 413 g/mol. The summed E-state index contributed by atoms with van der Waals surface area (Å²) < 4.78 is 17.9. The number of hydrogen-bond donors (Lipinski definition) is 4. The maximum absolute atomic E-state index is 12.1. The number of anilines is 4. The van der Waals surface area contributed by atoms with Crippen LogP contribution in [0.25, 0.3) is 5.65 Å². The number of aromatic nitrogens is 3. The predicted molar refractivity (Wildman–Crippen MR) is 112 cm³/mol. The number of ether oxygens (including phenoxy) is 3. The first kappa shape index (κ1) is 19.6. The standard InChI is InChI=1S/C19H23N7O4/c1-20-16-10-15(23-12-4-3-5-14-17(12)30-9-8-29-14)25-18-13(11-22-26(16)18)24-19(27)21-6-7-28-2/h3-5,10-11,20H,6-9H2,1-2H3,(H,23,25)(H2,21,24,27). The number of hydrogen-bond acceptors (Lipinski definition) is 8. The average molecular weight is 413 g/mol. The Morgan fingerprint density at radius 1 is 1.27 bits per heavy atom. The van der Waals surface area contributed by atoms with Gasteiger partial charge in [0.1, 0.15) is 30.5 Å². The molecule has 11 heteroatoms. The molecule has 158 valence electrons. The maximum atomic E-state index is 12.1. The second kappa shape index (κ2) is 8.74. The van der Waals surface area contributed by atoms with E-state index in [1.807, 2.05) is 24.3 Å². The molecule has 0 fully saturated rings. The minimum atomic E-state index is -0.365. The number of methoxy groups -OCH3 is 1. The van der Waals surface area contributed by atoms with Gasteiger partial charge in [0, 0.05) is 26.8 Å². The first-order chi connectivity index (χ1) is 14.7. The predicted octanol–water partition coefficient (Wildman–Crippen LogP) is 2.05. The Morgan fingerprint density at radius 3 is 2.97 bits per heavy atom. The van der Waals surface area contributed by atoms with Gasteiger partial charge in [-0.05, 0) is 12.1 Å². The van der Waals surface area contributed by atoms with Gasteiger partial charge in [0.05, 0.1) is 18.5 Å². The summed E-state index contributed by atoms with van der Waals surface area (Å²) in [6.07, 6.45) is 1.55. The van der Waals surface area contributed by atoms with Crippen LogP contribution in [0, 0.1) is 0 Å². The lowest BCUT2D eigenvalue weighted by atomic mass is 10.2. The highest BCUT2D eigenvalue weighted by Gasteiger charge is 2.18. The van der Waals surface area contributed by atoms with Crippen molar-refractivity contribution in [3.8, 4) is 11.5 Å². The van der Waals surface area contributed by atoms with E-state index in [0.29, 0.717) is 60.8 Å². The van der Waals surface area contributed by atoms with Gasteiger partial charge in [-0.2, -0.15) is 9.61 Å². The van der Waals surface area contributed by atoms with E-state index in [9.17, 15) is 4.79 Å². The van der Waals surface area contributed by atoms with Crippen LogP contribution in [0.15, 0.2) is 30.5 Å². The summed E-state index contributed by atoms with van der Waals surface area (Å²) in [6.45, 7) is 1.81. The Labute approximate surface area is 172 Å². The molecule has 1 aliphatic rings. The van der Waals surface area contributed by atoms with E-state index in [1.165, 1.54) is 0 Å². The molecule has 0 radical (unpaired) electrons. The number of nitrogens with zero attached hydrogens (tertiary/aromatic N) is 3. The molecule has 0 unspecified atom stereocenters. The number of urea groups is 1. The van der Waals surface area contributed by atoms with E-state index in [2.05, 4.69) is 31.3 Å². The van der Waals surface area contributed by atoms with Crippen LogP contribution in [0.5, 0.6) is 11.5 Å². The normalized spacial score (nSPS) is 12.5. The first-order valence-corrected chi connectivity index (χ1v) is 9.45. The lowest BCUT2D eigenvalue weighted by Crippen LogP contribution is -2.31. The molecule has 0 aliphatic carbocycles. The second-order valence-electron chi connectivity index (χ2n) is 6.40. The number of para-hydroxylation sites is 1. The van der Waals surface area contributed by atoms with E-state index in [1.54, 1.807) is 24.9 Å².